The number of hydrogen-bond donors (Lipinski definition) is 2. The van der Waals surface area contributed by atoms with Crippen LogP contribution in [0.25, 0.3) is 0 Å². The average molecular weight is 237 g/mol. The van der Waals surface area contributed by atoms with Gasteiger partial charge in [-0.05, 0) is 26.7 Å². The van der Waals surface area contributed by atoms with Gasteiger partial charge >= 0.3 is 0 Å². The van der Waals surface area contributed by atoms with Crippen molar-refractivity contribution in [3.05, 3.63) is 4.88 Å². The van der Waals surface area contributed by atoms with Crippen LogP contribution in [0, 0.1) is 11.3 Å². The molecule has 1 aromatic heterocycles. The molecule has 0 amide bonds. The molecule has 1 aromatic rings. The van der Waals surface area contributed by atoms with Gasteiger partial charge in [-0.25, -0.2) is 0 Å². The van der Waals surface area contributed by atoms with Gasteiger partial charge in [0.05, 0.1) is 6.10 Å². The molecule has 0 spiro atoms. The maximum Gasteiger partial charge on any atom is 0.178 e. The lowest BCUT2D eigenvalue weighted by Crippen LogP contribution is -2.09. The van der Waals surface area contributed by atoms with Gasteiger partial charge in [0.25, 0.3) is 0 Å². The van der Waals surface area contributed by atoms with Gasteiger partial charge in [0.2, 0.25) is 0 Å². The molecule has 1 aliphatic rings. The molecule has 2 rings (SSSR count). The Hall–Kier alpha value is -1.41. The number of nitrogens with two attached hydrogens (primary N) is 1. The zero-order valence-electron chi connectivity index (χ0n) is 9.41. The van der Waals surface area contributed by atoms with E-state index in [9.17, 15) is 0 Å². The van der Waals surface area contributed by atoms with Gasteiger partial charge in [0.1, 0.15) is 21.6 Å². The SMILES string of the molecule is CC(C)Oc1c(NC2CC2)sc(C#N)c1N. The van der Waals surface area contributed by atoms with Crippen molar-refractivity contribution in [1.29, 1.82) is 5.26 Å². The summed E-state index contributed by atoms with van der Waals surface area (Å²) >= 11 is 1.37. The lowest BCUT2D eigenvalue weighted by Gasteiger charge is -2.12. The van der Waals surface area contributed by atoms with Crippen LogP contribution in [0.5, 0.6) is 5.75 Å². The predicted octanol–water partition coefficient (Wildman–Crippen LogP) is 2.56. The van der Waals surface area contributed by atoms with Gasteiger partial charge in [-0.15, -0.1) is 11.3 Å². The molecule has 0 bridgehead atoms. The molecule has 1 fully saturated rings. The quantitative estimate of drug-likeness (QED) is 0.844. The number of anilines is 2. The Kier molecular flexibility index (Phi) is 2.92. The van der Waals surface area contributed by atoms with Crippen LogP contribution in [0.4, 0.5) is 10.7 Å². The summed E-state index contributed by atoms with van der Waals surface area (Å²) in [5.74, 6) is 0.642. The highest BCUT2D eigenvalue weighted by Gasteiger charge is 2.26. The van der Waals surface area contributed by atoms with Gasteiger partial charge in [-0.2, -0.15) is 5.26 Å². The molecule has 1 aliphatic carbocycles. The first-order valence-electron chi connectivity index (χ1n) is 5.37. The lowest BCUT2D eigenvalue weighted by molar-refractivity contribution is 0.246. The van der Waals surface area contributed by atoms with Gasteiger partial charge in [0, 0.05) is 6.04 Å². The average Bonchev–Trinajstić information content (AvgIpc) is 2.98. The Morgan fingerprint density at radius 1 is 1.56 bits per heavy atom. The summed E-state index contributed by atoms with van der Waals surface area (Å²) in [5, 5.41) is 13.2. The molecule has 0 unspecified atom stereocenters. The van der Waals surface area contributed by atoms with Crippen LogP contribution in [0.2, 0.25) is 0 Å². The van der Waals surface area contributed by atoms with Crippen LogP contribution in [0.3, 0.4) is 0 Å². The fourth-order valence-corrected chi connectivity index (χ4v) is 2.30. The molecule has 5 heteroatoms. The van der Waals surface area contributed by atoms with Crippen LogP contribution in [-0.2, 0) is 0 Å². The van der Waals surface area contributed by atoms with E-state index in [0.29, 0.717) is 22.4 Å². The Bertz CT molecular complexity index is 429. The third-order valence-corrected chi connectivity index (χ3v) is 3.29. The minimum atomic E-state index is 0.0585. The zero-order valence-corrected chi connectivity index (χ0v) is 10.2. The smallest absolute Gasteiger partial charge is 0.178 e. The van der Waals surface area contributed by atoms with E-state index >= 15 is 0 Å². The van der Waals surface area contributed by atoms with Gasteiger partial charge in [0.15, 0.2) is 5.75 Å². The second-order valence-electron chi connectivity index (χ2n) is 4.20. The van der Waals surface area contributed by atoms with Crippen LogP contribution >= 0.6 is 11.3 Å². The number of nitriles is 1. The van der Waals surface area contributed by atoms with Crippen LogP contribution in [0.1, 0.15) is 31.6 Å². The zero-order chi connectivity index (χ0) is 11.7. The first-order chi connectivity index (χ1) is 7.61. The summed E-state index contributed by atoms with van der Waals surface area (Å²) in [4.78, 5) is 0.527. The highest BCUT2D eigenvalue weighted by Crippen LogP contribution is 2.44. The molecular weight excluding hydrogens is 222 g/mol. The van der Waals surface area contributed by atoms with Crippen molar-refractivity contribution < 1.29 is 4.74 Å². The third kappa shape index (κ3) is 2.22. The summed E-state index contributed by atoms with van der Waals surface area (Å²) in [6.07, 6.45) is 2.42. The Morgan fingerprint density at radius 3 is 2.75 bits per heavy atom. The van der Waals surface area contributed by atoms with Crippen molar-refractivity contribution in [3.63, 3.8) is 0 Å². The molecule has 0 atom stereocenters. The van der Waals surface area contributed by atoms with E-state index in [1.807, 2.05) is 13.8 Å². The van der Waals surface area contributed by atoms with Crippen molar-refractivity contribution >= 4 is 22.0 Å². The molecule has 0 radical (unpaired) electrons. The number of nitrogen functional groups attached to an aromatic ring is 1. The molecule has 0 aliphatic heterocycles. The maximum absolute atomic E-state index is 8.94. The van der Waals surface area contributed by atoms with E-state index in [2.05, 4.69) is 11.4 Å². The van der Waals surface area contributed by atoms with Crippen molar-refractivity contribution in [2.24, 2.45) is 0 Å². The molecule has 1 heterocycles. The second kappa shape index (κ2) is 4.22. The Balaban J connectivity index is 2.29. The van der Waals surface area contributed by atoms with Crippen molar-refractivity contribution in [2.45, 2.75) is 38.8 Å². The first-order valence-corrected chi connectivity index (χ1v) is 6.19. The van der Waals surface area contributed by atoms with Gasteiger partial charge < -0.3 is 15.8 Å². The van der Waals surface area contributed by atoms with E-state index in [4.69, 9.17) is 15.7 Å². The van der Waals surface area contributed by atoms with Crippen LogP contribution in [0.15, 0.2) is 0 Å². The van der Waals surface area contributed by atoms with Crippen LogP contribution in [-0.4, -0.2) is 12.1 Å². The van der Waals surface area contributed by atoms with Gasteiger partial charge in [-0.1, -0.05) is 0 Å². The summed E-state index contributed by atoms with van der Waals surface area (Å²) in [5.41, 5.74) is 6.34. The van der Waals surface area contributed by atoms with Crippen LogP contribution < -0.4 is 15.8 Å². The summed E-state index contributed by atoms with van der Waals surface area (Å²) in [6, 6.07) is 2.62. The summed E-state index contributed by atoms with van der Waals surface area (Å²) in [7, 11) is 0. The number of rotatable bonds is 4. The molecule has 3 N–H and O–H groups in total. The maximum atomic E-state index is 8.94. The monoisotopic (exact) mass is 237 g/mol. The standard InChI is InChI=1S/C11H15N3OS/c1-6(2)15-10-9(13)8(5-12)16-11(10)14-7-3-4-7/h6-7,14H,3-4,13H2,1-2H3. The molecule has 0 saturated heterocycles. The molecule has 86 valence electrons. The highest BCUT2D eigenvalue weighted by atomic mass is 32.1. The Labute approximate surface area is 99.0 Å². The predicted molar refractivity (Wildman–Crippen MR) is 65.9 cm³/mol. The van der Waals surface area contributed by atoms with Crippen molar-refractivity contribution in [2.75, 3.05) is 11.1 Å². The number of nitrogens with one attached hydrogen (secondary N) is 1. The Morgan fingerprint density at radius 2 is 2.25 bits per heavy atom. The topological polar surface area (TPSA) is 71.1 Å². The first kappa shape index (κ1) is 11.1. The van der Waals surface area contributed by atoms with Crippen molar-refractivity contribution in [3.8, 4) is 11.8 Å². The number of hydrogen-bond acceptors (Lipinski definition) is 5. The highest BCUT2D eigenvalue weighted by molar-refractivity contribution is 7.17. The lowest BCUT2D eigenvalue weighted by atomic mass is 10.3. The minimum absolute atomic E-state index is 0.0585. The third-order valence-electron chi connectivity index (χ3n) is 2.27. The molecule has 1 saturated carbocycles. The number of nitrogens with zero attached hydrogens (tertiary/aromatic N) is 1. The fourth-order valence-electron chi connectivity index (χ4n) is 1.37. The summed E-state index contributed by atoms with van der Waals surface area (Å²) < 4.78 is 5.66. The molecule has 0 aromatic carbocycles. The van der Waals surface area contributed by atoms with E-state index in [1.165, 1.54) is 24.2 Å². The van der Waals surface area contributed by atoms with E-state index < -0.39 is 0 Å². The summed E-state index contributed by atoms with van der Waals surface area (Å²) in [6.45, 7) is 3.90. The van der Waals surface area contributed by atoms with E-state index in [0.717, 1.165) is 5.00 Å². The molecule has 16 heavy (non-hydrogen) atoms. The van der Waals surface area contributed by atoms with Crippen molar-refractivity contribution in [1.82, 2.24) is 0 Å². The molecule has 4 nitrogen and oxygen atoms in total. The van der Waals surface area contributed by atoms with E-state index in [1.54, 1.807) is 0 Å². The van der Waals surface area contributed by atoms with E-state index in [-0.39, 0.29) is 6.10 Å². The fraction of sp³-hybridized carbons (Fsp3) is 0.545. The largest absolute Gasteiger partial charge is 0.486 e. The molecular formula is C11H15N3OS. The van der Waals surface area contributed by atoms with Gasteiger partial charge in [-0.3, -0.25) is 0 Å². The minimum Gasteiger partial charge on any atom is -0.486 e. The second-order valence-corrected chi connectivity index (χ2v) is 5.22. The number of thiophene rings is 1. The number of ether oxygens (including phenoxy) is 1. The normalized spacial score (nSPS) is 14.9.